The Morgan fingerprint density at radius 1 is 1.48 bits per heavy atom. The molecule has 0 radical (unpaired) electrons. The van der Waals surface area contributed by atoms with Crippen molar-refractivity contribution in [2.75, 3.05) is 6.61 Å². The number of ether oxygens (including phenoxy) is 1. The molecule has 7 nitrogen and oxygen atoms in total. The van der Waals surface area contributed by atoms with E-state index in [0.29, 0.717) is 35.1 Å². The second kappa shape index (κ2) is 7.05. The van der Waals surface area contributed by atoms with Crippen LogP contribution in [0.15, 0.2) is 23.3 Å². The number of aryl methyl sites for hydroxylation is 2. The first kappa shape index (κ1) is 17.8. The molecule has 1 aliphatic carbocycles. The maximum atomic E-state index is 11.9. The van der Waals surface area contributed by atoms with Crippen molar-refractivity contribution >= 4 is 11.1 Å². The summed E-state index contributed by atoms with van der Waals surface area (Å²) in [6.45, 7) is 3.84. The van der Waals surface area contributed by atoms with E-state index in [1.165, 1.54) is 17.7 Å². The summed E-state index contributed by atoms with van der Waals surface area (Å²) in [4.78, 5) is 20.5. The number of hydrogen-bond acceptors (Lipinski definition) is 6. The van der Waals surface area contributed by atoms with Crippen molar-refractivity contribution in [3.8, 4) is 17.0 Å². The van der Waals surface area contributed by atoms with E-state index in [1.807, 2.05) is 0 Å². The predicted molar refractivity (Wildman–Crippen MR) is 93.0 cm³/mol. The third-order valence-corrected chi connectivity index (χ3v) is 5.02. The lowest BCUT2D eigenvalue weighted by Gasteiger charge is -2.17. The number of hydrogen-bond donors (Lipinski definition) is 0. The highest BCUT2D eigenvalue weighted by Crippen LogP contribution is 2.33. The van der Waals surface area contributed by atoms with Crippen molar-refractivity contribution in [1.29, 1.82) is 0 Å². The normalized spacial score (nSPS) is 16.5. The van der Waals surface area contributed by atoms with Crippen LogP contribution in [0, 0.1) is 12.8 Å². The van der Waals surface area contributed by atoms with Crippen LogP contribution in [0.3, 0.4) is 0 Å². The smallest absolute Gasteiger partial charge is 0.253 e. The first-order valence-corrected chi connectivity index (χ1v) is 9.26. The van der Waals surface area contributed by atoms with Crippen molar-refractivity contribution in [2.45, 2.75) is 31.9 Å². The molecule has 1 fully saturated rings. The topological polar surface area (TPSA) is 97.1 Å². The van der Waals surface area contributed by atoms with Gasteiger partial charge in [0.2, 0.25) is 0 Å². The van der Waals surface area contributed by atoms with Crippen LogP contribution in [0.1, 0.15) is 36.4 Å². The summed E-state index contributed by atoms with van der Waals surface area (Å²) in [5, 5.41) is -0.829. The maximum Gasteiger partial charge on any atom is 0.253 e. The summed E-state index contributed by atoms with van der Waals surface area (Å²) in [5.74, 6) is 1.26. The fraction of sp³-hybridized carbons (Fsp3) is 0.471. The minimum atomic E-state index is -2.32. The van der Waals surface area contributed by atoms with Crippen LogP contribution in [0.4, 0.5) is 0 Å². The number of pyridine rings is 1. The van der Waals surface area contributed by atoms with Crippen molar-refractivity contribution < 1.29 is 13.5 Å². The lowest BCUT2D eigenvalue weighted by atomic mass is 10.1. The molecule has 2 unspecified atom stereocenters. The average molecular weight is 362 g/mol. The molecule has 0 saturated heterocycles. The van der Waals surface area contributed by atoms with Gasteiger partial charge in [-0.25, -0.2) is 9.97 Å². The summed E-state index contributed by atoms with van der Waals surface area (Å²) in [6.07, 6.45) is 5.49. The molecule has 2 aromatic heterocycles. The van der Waals surface area contributed by atoms with E-state index in [4.69, 9.17) is 4.74 Å². The Bertz CT molecular complexity index is 850. The molecule has 0 aromatic carbocycles. The molecule has 0 amide bonds. The first-order chi connectivity index (χ1) is 11.9. The molecule has 2 aromatic rings. The van der Waals surface area contributed by atoms with Crippen LogP contribution in [-0.2, 0) is 18.1 Å². The Hall–Kier alpha value is -2.06. The Morgan fingerprint density at radius 2 is 2.20 bits per heavy atom. The van der Waals surface area contributed by atoms with E-state index in [-0.39, 0.29) is 11.4 Å². The molecule has 0 spiro atoms. The monoisotopic (exact) mass is 362 g/mol. The first-order valence-electron chi connectivity index (χ1n) is 8.12. The van der Waals surface area contributed by atoms with E-state index in [0.717, 1.165) is 12.8 Å². The molecule has 134 valence electrons. The molecule has 0 bridgehead atoms. The zero-order valence-corrected chi connectivity index (χ0v) is 15.2. The molecule has 25 heavy (non-hydrogen) atoms. The van der Waals surface area contributed by atoms with E-state index in [9.17, 15) is 13.6 Å². The predicted octanol–water partition coefficient (Wildman–Crippen LogP) is 1.88. The van der Waals surface area contributed by atoms with Crippen molar-refractivity contribution in [1.82, 2.24) is 14.5 Å². The second-order valence-electron chi connectivity index (χ2n) is 6.43. The van der Waals surface area contributed by atoms with Gasteiger partial charge in [-0.05, 0) is 49.8 Å². The third kappa shape index (κ3) is 3.96. The Morgan fingerprint density at radius 3 is 2.80 bits per heavy atom. The molecule has 0 aliphatic heterocycles. The zero-order chi connectivity index (χ0) is 18.1. The molecule has 1 aliphatic rings. The van der Waals surface area contributed by atoms with Crippen LogP contribution in [-0.4, -0.2) is 29.9 Å². The van der Waals surface area contributed by atoms with Gasteiger partial charge in [0.05, 0.1) is 18.1 Å². The number of aromatic nitrogens is 3. The highest BCUT2D eigenvalue weighted by molar-refractivity contribution is 7.79. The second-order valence-corrected chi connectivity index (χ2v) is 7.65. The lowest BCUT2D eigenvalue weighted by molar-refractivity contribution is 0.298. The van der Waals surface area contributed by atoms with E-state index < -0.39 is 16.3 Å². The Kier molecular flexibility index (Phi) is 5.01. The van der Waals surface area contributed by atoms with Crippen molar-refractivity contribution in [3.63, 3.8) is 0 Å². The summed E-state index contributed by atoms with van der Waals surface area (Å²) >= 11 is -2.32. The van der Waals surface area contributed by atoms with Gasteiger partial charge in [-0.15, -0.1) is 0 Å². The molecule has 1 saturated carbocycles. The third-order valence-electron chi connectivity index (χ3n) is 4.23. The van der Waals surface area contributed by atoms with Crippen molar-refractivity contribution in [3.05, 3.63) is 40.2 Å². The van der Waals surface area contributed by atoms with Gasteiger partial charge in [0.25, 0.3) is 5.56 Å². The maximum absolute atomic E-state index is 11.9. The fourth-order valence-electron chi connectivity index (χ4n) is 2.48. The van der Waals surface area contributed by atoms with Crippen LogP contribution in [0.5, 0.6) is 5.75 Å². The summed E-state index contributed by atoms with van der Waals surface area (Å²) < 4.78 is 29.8. The van der Waals surface area contributed by atoms with Crippen LogP contribution >= 0.6 is 0 Å². The van der Waals surface area contributed by atoms with Gasteiger partial charge in [0, 0.05) is 24.4 Å². The molecule has 2 atom stereocenters. The van der Waals surface area contributed by atoms with Crippen LogP contribution < -0.4 is 10.3 Å². The highest BCUT2D eigenvalue weighted by Gasteiger charge is 2.23. The molecule has 2 heterocycles. The van der Waals surface area contributed by atoms with E-state index >= 15 is 0 Å². The average Bonchev–Trinajstić information content (AvgIpc) is 3.41. The highest BCUT2D eigenvalue weighted by atomic mass is 32.2. The number of rotatable bonds is 6. The summed E-state index contributed by atoms with van der Waals surface area (Å²) in [5.41, 5.74) is 1.68. The summed E-state index contributed by atoms with van der Waals surface area (Å²) in [6, 6.07) is 1.73. The van der Waals surface area contributed by atoms with Gasteiger partial charge in [0.15, 0.2) is 5.75 Å². The largest absolute Gasteiger partial charge is 0.772 e. The lowest BCUT2D eigenvalue weighted by Crippen LogP contribution is -2.19. The summed E-state index contributed by atoms with van der Waals surface area (Å²) in [7, 11) is 1.67. The van der Waals surface area contributed by atoms with Gasteiger partial charge in [-0.3, -0.25) is 9.00 Å². The molecule has 0 N–H and O–H groups in total. The van der Waals surface area contributed by atoms with Gasteiger partial charge in [-0.1, -0.05) is 0 Å². The van der Waals surface area contributed by atoms with Gasteiger partial charge in [-0.2, -0.15) is 0 Å². The molecular weight excluding hydrogens is 342 g/mol. The van der Waals surface area contributed by atoms with Gasteiger partial charge in [0.1, 0.15) is 11.5 Å². The molecule has 8 heteroatoms. The Balaban J connectivity index is 2.07. The molecular formula is C17H20N3O4S-. The molecule has 3 rings (SSSR count). The van der Waals surface area contributed by atoms with Crippen LogP contribution in [0.2, 0.25) is 0 Å². The standard InChI is InChI=1S/C17H21N3O4S/c1-10-6-13(8-20(3)17(10)21)15-14(24-9-12-4-5-12)7-18-16(19-15)11(2)25(22)23/h6-8,11-12H,4-5,9H2,1-3H3,(H,22,23)/p-1. The van der Waals surface area contributed by atoms with Gasteiger partial charge >= 0.3 is 0 Å². The van der Waals surface area contributed by atoms with E-state index in [2.05, 4.69) is 9.97 Å². The van der Waals surface area contributed by atoms with Crippen molar-refractivity contribution in [2.24, 2.45) is 13.0 Å². The van der Waals surface area contributed by atoms with Gasteiger partial charge < -0.3 is 13.9 Å². The van der Waals surface area contributed by atoms with Crippen LogP contribution in [0.25, 0.3) is 11.3 Å². The SMILES string of the molecule is Cc1cc(-c2nc(C(C)S(=O)[O-])ncc2OCC2CC2)cn(C)c1=O. The minimum absolute atomic E-state index is 0.0903. The number of nitrogens with zero attached hydrogens (tertiary/aromatic N) is 3. The zero-order valence-electron chi connectivity index (χ0n) is 14.4. The Labute approximate surface area is 148 Å². The quantitative estimate of drug-likeness (QED) is 0.728. The van der Waals surface area contributed by atoms with E-state index in [1.54, 1.807) is 26.2 Å². The minimum Gasteiger partial charge on any atom is -0.772 e. The fourth-order valence-corrected chi connectivity index (χ4v) is 2.76.